The van der Waals surface area contributed by atoms with Gasteiger partial charge in [-0.25, -0.2) is 0 Å². The van der Waals surface area contributed by atoms with Crippen molar-refractivity contribution in [2.45, 2.75) is 52.4 Å². The van der Waals surface area contributed by atoms with Crippen LogP contribution >= 0.6 is 0 Å². The molecule has 118 valence electrons. The molecule has 0 aromatic rings. The van der Waals surface area contributed by atoms with Gasteiger partial charge in [-0.2, -0.15) is 0 Å². The smallest absolute Gasteiger partial charge is 0.155 e. The lowest BCUT2D eigenvalue weighted by Gasteiger charge is -2.51. The van der Waals surface area contributed by atoms with E-state index in [1.807, 2.05) is 6.08 Å². The first-order chi connectivity index (χ1) is 10.5. The molecule has 4 rings (SSSR count). The van der Waals surface area contributed by atoms with Crippen molar-refractivity contribution in [2.24, 2.45) is 35.0 Å². The van der Waals surface area contributed by atoms with E-state index in [-0.39, 0.29) is 11.3 Å². The minimum absolute atomic E-state index is 0.211. The zero-order valence-corrected chi connectivity index (χ0v) is 13.7. The Hall–Kier alpha value is -1.18. The van der Waals surface area contributed by atoms with Crippen LogP contribution in [0.4, 0.5) is 0 Å². The maximum absolute atomic E-state index is 12.1. The third kappa shape index (κ3) is 1.92. The molecular formula is C20H26O2. The van der Waals surface area contributed by atoms with Crippen molar-refractivity contribution in [1.29, 1.82) is 0 Å². The molecule has 0 aromatic carbocycles. The fraction of sp³-hybridized carbons (Fsp3) is 0.700. The van der Waals surface area contributed by atoms with Crippen LogP contribution in [0, 0.1) is 35.0 Å². The first-order valence-corrected chi connectivity index (χ1v) is 8.94. The summed E-state index contributed by atoms with van der Waals surface area (Å²) in [5.41, 5.74) is 1.49. The highest BCUT2D eigenvalue weighted by Crippen LogP contribution is 2.62. The van der Waals surface area contributed by atoms with Gasteiger partial charge in [-0.05, 0) is 79.8 Å². The fourth-order valence-electron chi connectivity index (χ4n) is 6.32. The fourth-order valence-corrected chi connectivity index (χ4v) is 6.32. The highest BCUT2D eigenvalue weighted by molar-refractivity contribution is 5.92. The van der Waals surface area contributed by atoms with Gasteiger partial charge in [0.25, 0.3) is 0 Å². The predicted octanol–water partition coefficient (Wildman–Crippen LogP) is 4.11. The predicted molar refractivity (Wildman–Crippen MR) is 86.2 cm³/mol. The second kappa shape index (κ2) is 4.91. The molecule has 0 amide bonds. The Morgan fingerprint density at radius 1 is 1.23 bits per heavy atom. The zero-order chi connectivity index (χ0) is 15.5. The SMILES string of the molecule is CC(=O)C1CCC2C3C=CC4=CC(=O)CCC4C3CCC12C. The second-order valence-electron chi connectivity index (χ2n) is 8.25. The number of ketones is 2. The molecule has 0 radical (unpaired) electrons. The van der Waals surface area contributed by atoms with Crippen LogP contribution in [0.2, 0.25) is 0 Å². The summed E-state index contributed by atoms with van der Waals surface area (Å²) in [5, 5.41) is 0. The molecule has 0 aromatic heterocycles. The molecule has 6 unspecified atom stereocenters. The van der Waals surface area contributed by atoms with Gasteiger partial charge >= 0.3 is 0 Å². The summed E-state index contributed by atoms with van der Waals surface area (Å²) < 4.78 is 0. The number of hydrogen-bond acceptors (Lipinski definition) is 2. The van der Waals surface area contributed by atoms with Gasteiger partial charge in [0.1, 0.15) is 5.78 Å². The molecular weight excluding hydrogens is 272 g/mol. The van der Waals surface area contributed by atoms with E-state index in [2.05, 4.69) is 19.1 Å². The van der Waals surface area contributed by atoms with Crippen LogP contribution in [0.1, 0.15) is 52.4 Å². The Morgan fingerprint density at radius 3 is 2.82 bits per heavy atom. The molecule has 2 saturated carbocycles. The molecule has 4 aliphatic carbocycles. The monoisotopic (exact) mass is 298 g/mol. The summed E-state index contributed by atoms with van der Waals surface area (Å²) in [6.45, 7) is 4.16. The van der Waals surface area contributed by atoms with Gasteiger partial charge < -0.3 is 0 Å². The Balaban J connectivity index is 1.68. The van der Waals surface area contributed by atoms with Gasteiger partial charge in [-0.3, -0.25) is 9.59 Å². The van der Waals surface area contributed by atoms with Crippen molar-refractivity contribution in [3.05, 3.63) is 23.8 Å². The van der Waals surface area contributed by atoms with Crippen LogP contribution in [0.3, 0.4) is 0 Å². The molecule has 6 atom stereocenters. The number of Topliss-reactive ketones (excluding diaryl/α,β-unsaturated/α-hetero) is 1. The summed E-state index contributed by atoms with van der Waals surface area (Å²) in [7, 11) is 0. The van der Waals surface area contributed by atoms with E-state index in [0.717, 1.165) is 19.3 Å². The maximum Gasteiger partial charge on any atom is 0.155 e. The van der Waals surface area contributed by atoms with Gasteiger partial charge in [0, 0.05) is 12.3 Å². The van der Waals surface area contributed by atoms with Gasteiger partial charge in [0.15, 0.2) is 5.78 Å². The summed E-state index contributed by atoms with van der Waals surface area (Å²) in [6, 6.07) is 0. The molecule has 2 nitrogen and oxygen atoms in total. The van der Waals surface area contributed by atoms with E-state index in [1.54, 1.807) is 6.92 Å². The highest BCUT2D eigenvalue weighted by Gasteiger charge is 2.56. The van der Waals surface area contributed by atoms with E-state index in [4.69, 9.17) is 0 Å². The lowest BCUT2D eigenvalue weighted by molar-refractivity contribution is -0.126. The number of hydrogen-bond donors (Lipinski definition) is 0. The zero-order valence-electron chi connectivity index (χ0n) is 13.7. The number of allylic oxidation sites excluding steroid dienone is 4. The molecule has 2 fully saturated rings. The normalized spacial score (nSPS) is 46.5. The Bertz CT molecular complexity index is 585. The van der Waals surface area contributed by atoms with Crippen molar-refractivity contribution in [2.75, 3.05) is 0 Å². The van der Waals surface area contributed by atoms with E-state index in [1.165, 1.54) is 24.8 Å². The van der Waals surface area contributed by atoms with Crippen LogP contribution in [0.15, 0.2) is 23.8 Å². The summed E-state index contributed by atoms with van der Waals surface area (Å²) in [5.74, 6) is 3.55. The largest absolute Gasteiger partial charge is 0.300 e. The number of rotatable bonds is 1. The molecule has 0 spiro atoms. The van der Waals surface area contributed by atoms with Gasteiger partial charge in [0.2, 0.25) is 0 Å². The average Bonchev–Trinajstić information content (AvgIpc) is 2.84. The number of carbonyl (C=O) groups excluding carboxylic acids is 2. The van der Waals surface area contributed by atoms with Crippen LogP contribution in [-0.4, -0.2) is 11.6 Å². The maximum atomic E-state index is 12.1. The van der Waals surface area contributed by atoms with Crippen LogP contribution in [0.5, 0.6) is 0 Å². The summed E-state index contributed by atoms with van der Waals surface area (Å²) in [6.07, 6.45) is 13.0. The standard InChI is InChI=1S/C20H26O2/c1-12(21)18-7-8-19-17-5-3-13-11-14(22)4-6-15(13)16(17)9-10-20(18,19)2/h3,5,11,15-19H,4,6-10H2,1-2H3. The number of fused-ring (bicyclic) bond motifs is 5. The lowest BCUT2D eigenvalue weighted by atomic mass is 9.53. The third-order valence-electron chi connectivity index (χ3n) is 7.36. The molecule has 0 heterocycles. The molecule has 22 heavy (non-hydrogen) atoms. The second-order valence-corrected chi connectivity index (χ2v) is 8.25. The lowest BCUT2D eigenvalue weighted by Crippen LogP contribution is -2.45. The topological polar surface area (TPSA) is 34.1 Å². The minimum atomic E-state index is 0.211. The van der Waals surface area contributed by atoms with Crippen molar-refractivity contribution in [3.63, 3.8) is 0 Å². The van der Waals surface area contributed by atoms with E-state index >= 15 is 0 Å². The Labute approximate surface area is 133 Å². The van der Waals surface area contributed by atoms with Crippen molar-refractivity contribution >= 4 is 11.6 Å². The average molecular weight is 298 g/mol. The van der Waals surface area contributed by atoms with Crippen molar-refractivity contribution in [1.82, 2.24) is 0 Å². The quantitative estimate of drug-likeness (QED) is 0.730. The Kier molecular flexibility index (Phi) is 3.22. The van der Waals surface area contributed by atoms with Crippen molar-refractivity contribution < 1.29 is 9.59 Å². The van der Waals surface area contributed by atoms with Crippen LogP contribution in [-0.2, 0) is 9.59 Å². The first-order valence-electron chi connectivity index (χ1n) is 8.94. The third-order valence-corrected chi connectivity index (χ3v) is 7.36. The van der Waals surface area contributed by atoms with E-state index in [9.17, 15) is 9.59 Å². The first kappa shape index (κ1) is 14.4. The molecule has 2 heteroatoms. The molecule has 0 saturated heterocycles. The molecule has 4 aliphatic rings. The van der Waals surface area contributed by atoms with E-state index in [0.29, 0.717) is 35.2 Å². The highest BCUT2D eigenvalue weighted by atomic mass is 16.1. The van der Waals surface area contributed by atoms with E-state index < -0.39 is 0 Å². The van der Waals surface area contributed by atoms with Crippen LogP contribution < -0.4 is 0 Å². The van der Waals surface area contributed by atoms with Gasteiger partial charge in [-0.15, -0.1) is 0 Å². The number of carbonyl (C=O) groups is 2. The molecule has 0 N–H and O–H groups in total. The van der Waals surface area contributed by atoms with Gasteiger partial charge in [-0.1, -0.05) is 19.1 Å². The molecule has 0 bridgehead atoms. The summed E-state index contributed by atoms with van der Waals surface area (Å²) >= 11 is 0. The van der Waals surface area contributed by atoms with Gasteiger partial charge in [0.05, 0.1) is 0 Å². The van der Waals surface area contributed by atoms with Crippen LogP contribution in [0.25, 0.3) is 0 Å². The van der Waals surface area contributed by atoms with Crippen molar-refractivity contribution in [3.8, 4) is 0 Å². The Morgan fingerprint density at radius 2 is 2.05 bits per heavy atom. The summed E-state index contributed by atoms with van der Waals surface area (Å²) in [4.78, 5) is 23.7. The molecule has 0 aliphatic heterocycles. The minimum Gasteiger partial charge on any atom is -0.300 e.